The minimum atomic E-state index is -0.0206. The van der Waals surface area contributed by atoms with Gasteiger partial charge in [0.05, 0.1) is 0 Å². The summed E-state index contributed by atoms with van der Waals surface area (Å²) >= 11 is 6.36. The Labute approximate surface area is 127 Å². The van der Waals surface area contributed by atoms with Gasteiger partial charge in [-0.3, -0.25) is 0 Å². The van der Waals surface area contributed by atoms with Gasteiger partial charge in [-0.15, -0.1) is 0 Å². The van der Waals surface area contributed by atoms with Crippen molar-refractivity contribution in [2.75, 3.05) is 7.11 Å². The molecule has 1 aliphatic carbocycles. The second-order valence-electron chi connectivity index (χ2n) is 6.08. The van der Waals surface area contributed by atoms with Gasteiger partial charge in [-0.25, -0.2) is 9.97 Å². The molecule has 1 aromatic heterocycles. The molecule has 20 heavy (non-hydrogen) atoms. The van der Waals surface area contributed by atoms with Gasteiger partial charge in [-0.05, 0) is 31.6 Å². The normalized spacial score (nSPS) is 18.5. The Morgan fingerprint density at radius 2 is 1.80 bits per heavy atom. The van der Waals surface area contributed by atoms with E-state index in [1.165, 1.54) is 32.1 Å². The second-order valence-corrected chi connectivity index (χ2v) is 6.44. The van der Waals surface area contributed by atoms with Crippen molar-refractivity contribution >= 4 is 11.6 Å². The van der Waals surface area contributed by atoms with Crippen LogP contribution in [0.15, 0.2) is 0 Å². The van der Waals surface area contributed by atoms with E-state index in [1.807, 2.05) is 6.92 Å². The molecule has 4 heteroatoms. The lowest BCUT2D eigenvalue weighted by molar-refractivity contribution is 0.0287. The molecule has 0 bridgehead atoms. The highest BCUT2D eigenvalue weighted by Crippen LogP contribution is 2.36. The number of hydrogen-bond acceptors (Lipinski definition) is 3. The van der Waals surface area contributed by atoms with Crippen LogP contribution in [0.1, 0.15) is 75.1 Å². The topological polar surface area (TPSA) is 35.0 Å². The van der Waals surface area contributed by atoms with E-state index in [-0.39, 0.29) is 6.10 Å². The minimum absolute atomic E-state index is 0.0206. The van der Waals surface area contributed by atoms with Crippen LogP contribution in [0.3, 0.4) is 0 Å². The average molecular weight is 297 g/mol. The maximum Gasteiger partial charge on any atom is 0.159 e. The van der Waals surface area contributed by atoms with E-state index >= 15 is 0 Å². The Balaban J connectivity index is 2.30. The van der Waals surface area contributed by atoms with Gasteiger partial charge in [0.15, 0.2) is 5.82 Å². The predicted molar refractivity (Wildman–Crippen MR) is 82.2 cm³/mol. The third-order valence-corrected chi connectivity index (χ3v) is 4.56. The molecule has 0 radical (unpaired) electrons. The van der Waals surface area contributed by atoms with Crippen molar-refractivity contribution in [1.29, 1.82) is 0 Å². The van der Waals surface area contributed by atoms with Crippen molar-refractivity contribution in [2.24, 2.45) is 5.92 Å². The fourth-order valence-corrected chi connectivity index (χ4v) is 3.74. The smallest absolute Gasteiger partial charge is 0.159 e. The first kappa shape index (κ1) is 15.7. The van der Waals surface area contributed by atoms with E-state index in [1.54, 1.807) is 7.11 Å². The largest absolute Gasteiger partial charge is 0.373 e. The van der Waals surface area contributed by atoms with Gasteiger partial charge in [0.2, 0.25) is 0 Å². The highest BCUT2D eigenvalue weighted by Gasteiger charge is 2.28. The molecule has 1 fully saturated rings. The predicted octanol–water partition coefficient (Wildman–Crippen LogP) is 4.83. The zero-order valence-electron chi connectivity index (χ0n) is 12.9. The number of rotatable bonds is 4. The standard InChI is InChI=1S/C16H25ClN2O/c1-10(2)13-11(3)18-16(19-15(13)17)14(20-4)12-8-6-5-7-9-12/h10,12,14H,5-9H2,1-4H3. The molecule has 2 rings (SSSR count). The molecule has 0 N–H and O–H groups in total. The SMILES string of the molecule is COC(c1nc(C)c(C(C)C)c(Cl)n1)C1CCCCC1. The first-order valence-electron chi connectivity index (χ1n) is 7.61. The number of halogens is 1. The molecule has 112 valence electrons. The van der Waals surface area contributed by atoms with Crippen molar-refractivity contribution in [3.63, 3.8) is 0 Å². The molecular formula is C16H25ClN2O. The fourth-order valence-electron chi connectivity index (χ4n) is 3.30. The summed E-state index contributed by atoms with van der Waals surface area (Å²) in [5, 5.41) is 0.584. The number of ether oxygens (including phenoxy) is 1. The Hall–Kier alpha value is -0.670. The van der Waals surface area contributed by atoms with Crippen LogP contribution in [-0.4, -0.2) is 17.1 Å². The summed E-state index contributed by atoms with van der Waals surface area (Å²) in [6.07, 6.45) is 6.27. The number of hydrogen-bond donors (Lipinski definition) is 0. The van der Waals surface area contributed by atoms with Crippen molar-refractivity contribution in [2.45, 2.75) is 64.9 Å². The fraction of sp³-hybridized carbons (Fsp3) is 0.750. The maximum atomic E-state index is 6.36. The van der Waals surface area contributed by atoms with Gasteiger partial charge < -0.3 is 4.74 Å². The molecular weight excluding hydrogens is 272 g/mol. The Kier molecular flexibility index (Phi) is 5.39. The van der Waals surface area contributed by atoms with Gasteiger partial charge in [-0.2, -0.15) is 0 Å². The Morgan fingerprint density at radius 1 is 1.15 bits per heavy atom. The summed E-state index contributed by atoms with van der Waals surface area (Å²) in [5.74, 6) is 1.62. The molecule has 1 heterocycles. The molecule has 1 aromatic rings. The monoisotopic (exact) mass is 296 g/mol. The Morgan fingerprint density at radius 3 is 2.30 bits per heavy atom. The molecule has 1 aliphatic rings. The summed E-state index contributed by atoms with van der Waals surface area (Å²) < 4.78 is 5.70. The van der Waals surface area contributed by atoms with E-state index in [4.69, 9.17) is 16.3 Å². The molecule has 0 amide bonds. The summed E-state index contributed by atoms with van der Waals surface area (Å²) in [7, 11) is 1.75. The lowest BCUT2D eigenvalue weighted by Gasteiger charge is -2.28. The van der Waals surface area contributed by atoms with Crippen molar-refractivity contribution < 1.29 is 4.74 Å². The minimum Gasteiger partial charge on any atom is -0.373 e. The third kappa shape index (κ3) is 3.32. The quantitative estimate of drug-likeness (QED) is 0.746. The van der Waals surface area contributed by atoms with Crippen LogP contribution in [-0.2, 0) is 4.74 Å². The van der Waals surface area contributed by atoms with Gasteiger partial charge in [0, 0.05) is 18.4 Å². The molecule has 1 saturated carbocycles. The van der Waals surface area contributed by atoms with Crippen LogP contribution in [0.5, 0.6) is 0 Å². The lowest BCUT2D eigenvalue weighted by Crippen LogP contribution is -2.21. The summed E-state index contributed by atoms with van der Waals surface area (Å²) in [6, 6.07) is 0. The summed E-state index contributed by atoms with van der Waals surface area (Å²) in [4.78, 5) is 9.21. The first-order chi connectivity index (χ1) is 9.54. The van der Waals surface area contributed by atoms with Crippen LogP contribution < -0.4 is 0 Å². The number of nitrogens with zero attached hydrogens (tertiary/aromatic N) is 2. The first-order valence-corrected chi connectivity index (χ1v) is 7.99. The second kappa shape index (κ2) is 6.86. The number of methoxy groups -OCH3 is 1. The highest BCUT2D eigenvalue weighted by atomic mass is 35.5. The molecule has 0 saturated heterocycles. The van der Waals surface area contributed by atoms with Gasteiger partial charge in [0.25, 0.3) is 0 Å². The molecule has 1 atom stereocenters. The molecule has 1 unspecified atom stereocenters. The molecule has 0 aromatic carbocycles. The van der Waals surface area contributed by atoms with E-state index in [2.05, 4.69) is 23.8 Å². The molecule has 0 aliphatic heterocycles. The lowest BCUT2D eigenvalue weighted by atomic mass is 9.85. The van der Waals surface area contributed by atoms with E-state index < -0.39 is 0 Å². The zero-order valence-corrected chi connectivity index (χ0v) is 13.7. The van der Waals surface area contributed by atoms with Crippen LogP contribution >= 0.6 is 11.6 Å². The summed E-state index contributed by atoms with van der Waals surface area (Å²) in [5.41, 5.74) is 2.03. The van der Waals surface area contributed by atoms with Gasteiger partial charge in [0.1, 0.15) is 11.3 Å². The number of aryl methyl sites for hydroxylation is 1. The summed E-state index contributed by atoms with van der Waals surface area (Å²) in [6.45, 7) is 6.25. The molecule has 3 nitrogen and oxygen atoms in total. The van der Waals surface area contributed by atoms with E-state index in [9.17, 15) is 0 Å². The van der Waals surface area contributed by atoms with Crippen LogP contribution in [0, 0.1) is 12.8 Å². The van der Waals surface area contributed by atoms with Gasteiger partial charge in [-0.1, -0.05) is 44.7 Å². The average Bonchev–Trinajstić information content (AvgIpc) is 2.39. The highest BCUT2D eigenvalue weighted by molar-refractivity contribution is 6.30. The third-order valence-electron chi connectivity index (χ3n) is 4.27. The van der Waals surface area contributed by atoms with Crippen molar-refractivity contribution in [3.8, 4) is 0 Å². The van der Waals surface area contributed by atoms with Crippen molar-refractivity contribution in [3.05, 3.63) is 22.2 Å². The number of aromatic nitrogens is 2. The molecule has 0 spiro atoms. The Bertz CT molecular complexity index is 433. The van der Waals surface area contributed by atoms with Gasteiger partial charge >= 0.3 is 0 Å². The maximum absolute atomic E-state index is 6.36. The zero-order chi connectivity index (χ0) is 14.7. The van der Waals surface area contributed by atoms with Crippen LogP contribution in [0.2, 0.25) is 5.15 Å². The van der Waals surface area contributed by atoms with E-state index in [0.29, 0.717) is 17.0 Å². The van der Waals surface area contributed by atoms with Crippen LogP contribution in [0.25, 0.3) is 0 Å². The van der Waals surface area contributed by atoms with E-state index in [0.717, 1.165) is 17.1 Å². The van der Waals surface area contributed by atoms with Crippen LogP contribution in [0.4, 0.5) is 0 Å². The van der Waals surface area contributed by atoms with Crippen molar-refractivity contribution in [1.82, 2.24) is 9.97 Å².